The Bertz CT molecular complexity index is 1640. The second-order valence-corrected chi connectivity index (χ2v) is 9.67. The van der Waals surface area contributed by atoms with Crippen LogP contribution in [0.2, 0.25) is 0 Å². The van der Waals surface area contributed by atoms with E-state index in [9.17, 15) is 18.0 Å². The van der Waals surface area contributed by atoms with Crippen LogP contribution in [0.3, 0.4) is 0 Å². The molecule has 0 aliphatic heterocycles. The number of aromatic nitrogens is 1. The van der Waals surface area contributed by atoms with Gasteiger partial charge in [-0.25, -0.2) is 4.98 Å². The number of rotatable bonds is 5. The molecule has 0 fully saturated rings. The van der Waals surface area contributed by atoms with Crippen LogP contribution in [0, 0.1) is 6.92 Å². The van der Waals surface area contributed by atoms with Crippen LogP contribution in [0.5, 0.6) is 5.75 Å². The predicted molar refractivity (Wildman–Crippen MR) is 146 cm³/mol. The molecule has 2 heterocycles. The van der Waals surface area contributed by atoms with Crippen LogP contribution in [-0.4, -0.2) is 18.0 Å². The molecule has 0 saturated carbocycles. The van der Waals surface area contributed by atoms with E-state index in [1.54, 1.807) is 7.11 Å². The number of alkyl halides is 3. The number of anilines is 2. The number of nitrogens with one attached hydrogen (secondary N) is 1. The number of hydrogen-bond donors (Lipinski definition) is 2. The number of benzene rings is 3. The zero-order valence-corrected chi connectivity index (χ0v) is 21.2. The smallest absolute Gasteiger partial charge is 0.418 e. The van der Waals surface area contributed by atoms with Crippen molar-refractivity contribution in [3.8, 4) is 28.1 Å². The van der Waals surface area contributed by atoms with Crippen molar-refractivity contribution in [3.05, 3.63) is 94.9 Å². The molecule has 1 amide bonds. The summed E-state index contributed by atoms with van der Waals surface area (Å²) in [4.78, 5) is 18.6. The zero-order chi connectivity index (χ0) is 27.0. The van der Waals surface area contributed by atoms with E-state index in [1.807, 2.05) is 61.5 Å². The highest BCUT2D eigenvalue weighted by molar-refractivity contribution is 7.21. The first-order valence-corrected chi connectivity index (χ1v) is 12.4. The molecular formula is C29H22F3N3O2S. The van der Waals surface area contributed by atoms with Crippen LogP contribution in [-0.2, 0) is 6.18 Å². The third-order valence-electron chi connectivity index (χ3n) is 6.13. The number of carbonyl (C=O) groups is 1. The summed E-state index contributed by atoms with van der Waals surface area (Å²) in [5.74, 6) is -0.0323. The first kappa shape index (κ1) is 25.3. The van der Waals surface area contributed by atoms with Gasteiger partial charge in [0.2, 0.25) is 0 Å². The van der Waals surface area contributed by atoms with Gasteiger partial charge in [-0.3, -0.25) is 4.79 Å². The number of halogens is 3. The van der Waals surface area contributed by atoms with Crippen molar-refractivity contribution in [1.29, 1.82) is 0 Å². The monoisotopic (exact) mass is 533 g/mol. The molecule has 192 valence electrons. The van der Waals surface area contributed by atoms with Gasteiger partial charge in [0.15, 0.2) is 0 Å². The van der Waals surface area contributed by atoms with E-state index in [0.717, 1.165) is 39.7 Å². The van der Waals surface area contributed by atoms with E-state index in [-0.39, 0.29) is 16.3 Å². The van der Waals surface area contributed by atoms with E-state index < -0.39 is 17.6 Å². The van der Waals surface area contributed by atoms with Crippen LogP contribution in [0.1, 0.15) is 20.8 Å². The summed E-state index contributed by atoms with van der Waals surface area (Å²) in [6, 6.07) is 22.0. The van der Waals surface area contributed by atoms with Gasteiger partial charge < -0.3 is 15.8 Å². The number of thiophene rings is 1. The number of nitrogen functional groups attached to an aromatic ring is 1. The van der Waals surface area contributed by atoms with Crippen molar-refractivity contribution in [3.63, 3.8) is 0 Å². The number of carbonyl (C=O) groups excluding carboxylic acids is 1. The fourth-order valence-electron chi connectivity index (χ4n) is 4.18. The minimum Gasteiger partial charge on any atom is -0.497 e. The molecule has 3 aromatic carbocycles. The standard InChI is InChI=1S/C29H22F3N3O2S/c1-16-7-9-17(10-8-16)20-15-23(18-11-13-19(37-2)14-12-18)35-28-24(20)25(33)26(38-28)27(36)34-22-6-4-3-5-21(22)29(30,31)32/h3-15H,33H2,1-2H3,(H,34,36). The molecule has 0 aliphatic carbocycles. The molecule has 0 radical (unpaired) electrons. The number of pyridine rings is 1. The first-order valence-electron chi connectivity index (χ1n) is 11.6. The summed E-state index contributed by atoms with van der Waals surface area (Å²) < 4.78 is 45.7. The molecular weight excluding hydrogens is 511 g/mol. The lowest BCUT2D eigenvalue weighted by molar-refractivity contribution is -0.136. The molecule has 38 heavy (non-hydrogen) atoms. The predicted octanol–water partition coefficient (Wildman–Crippen LogP) is 7.80. The molecule has 0 bridgehead atoms. The number of ether oxygens (including phenoxy) is 1. The highest BCUT2D eigenvalue weighted by Crippen LogP contribution is 2.42. The Kier molecular flexibility index (Phi) is 6.54. The second kappa shape index (κ2) is 9.83. The molecule has 5 nitrogen and oxygen atoms in total. The summed E-state index contributed by atoms with van der Waals surface area (Å²) >= 11 is 1.04. The van der Waals surface area contributed by atoms with Gasteiger partial charge in [-0.2, -0.15) is 13.2 Å². The van der Waals surface area contributed by atoms with E-state index in [2.05, 4.69) is 5.32 Å². The van der Waals surface area contributed by atoms with Crippen molar-refractivity contribution in [1.82, 2.24) is 4.98 Å². The van der Waals surface area contributed by atoms with E-state index in [0.29, 0.717) is 21.7 Å². The maximum Gasteiger partial charge on any atom is 0.418 e. The van der Waals surface area contributed by atoms with Crippen LogP contribution >= 0.6 is 11.3 Å². The number of methoxy groups -OCH3 is 1. The molecule has 0 aliphatic rings. The van der Waals surface area contributed by atoms with Gasteiger partial charge in [0.25, 0.3) is 5.91 Å². The minimum atomic E-state index is -4.62. The third kappa shape index (κ3) is 4.80. The van der Waals surface area contributed by atoms with E-state index >= 15 is 0 Å². The van der Waals surface area contributed by atoms with Gasteiger partial charge >= 0.3 is 6.18 Å². The molecule has 0 unspecified atom stereocenters. The summed E-state index contributed by atoms with van der Waals surface area (Å²) in [6.07, 6.45) is -4.62. The lowest BCUT2D eigenvalue weighted by Crippen LogP contribution is -2.16. The van der Waals surface area contributed by atoms with Crippen LogP contribution < -0.4 is 15.8 Å². The Morgan fingerprint density at radius 3 is 2.29 bits per heavy atom. The number of nitrogens with two attached hydrogens (primary N) is 1. The average molecular weight is 534 g/mol. The summed E-state index contributed by atoms with van der Waals surface area (Å²) in [6.45, 7) is 1.98. The van der Waals surface area contributed by atoms with Gasteiger partial charge in [-0.05, 0) is 60.5 Å². The number of amides is 1. The molecule has 9 heteroatoms. The molecule has 0 saturated heterocycles. The van der Waals surface area contributed by atoms with Crippen LogP contribution in [0.15, 0.2) is 78.9 Å². The molecule has 3 N–H and O–H groups in total. The Balaban J connectivity index is 1.65. The number of fused-ring (bicyclic) bond motifs is 1. The molecule has 0 spiro atoms. The third-order valence-corrected chi connectivity index (χ3v) is 7.23. The topological polar surface area (TPSA) is 77.2 Å². The van der Waals surface area contributed by atoms with Gasteiger partial charge in [0.1, 0.15) is 15.5 Å². The number of aryl methyl sites for hydroxylation is 1. The highest BCUT2D eigenvalue weighted by atomic mass is 32.1. The Hall–Kier alpha value is -4.37. The maximum absolute atomic E-state index is 13.5. The van der Waals surface area contributed by atoms with Gasteiger partial charge in [0, 0.05) is 10.9 Å². The van der Waals surface area contributed by atoms with E-state index in [1.165, 1.54) is 18.2 Å². The normalized spacial score (nSPS) is 11.5. The number of hydrogen-bond acceptors (Lipinski definition) is 5. The summed E-state index contributed by atoms with van der Waals surface area (Å²) in [7, 11) is 1.59. The molecule has 2 aromatic heterocycles. The zero-order valence-electron chi connectivity index (χ0n) is 20.4. The summed E-state index contributed by atoms with van der Waals surface area (Å²) in [5.41, 5.74) is 9.58. The van der Waals surface area contributed by atoms with Crippen LogP contribution in [0.4, 0.5) is 24.5 Å². The van der Waals surface area contributed by atoms with Gasteiger partial charge in [-0.15, -0.1) is 11.3 Å². The lowest BCUT2D eigenvalue weighted by Gasteiger charge is -2.13. The van der Waals surface area contributed by atoms with Crippen molar-refractivity contribution < 1.29 is 22.7 Å². The molecule has 5 aromatic rings. The van der Waals surface area contributed by atoms with Crippen molar-refractivity contribution in [2.75, 3.05) is 18.2 Å². The minimum absolute atomic E-state index is 0.0877. The fraction of sp³-hybridized carbons (Fsp3) is 0.103. The van der Waals surface area contributed by atoms with Crippen molar-refractivity contribution in [2.24, 2.45) is 0 Å². The first-order chi connectivity index (χ1) is 18.2. The second-order valence-electron chi connectivity index (χ2n) is 8.67. The largest absolute Gasteiger partial charge is 0.497 e. The van der Waals surface area contributed by atoms with Crippen molar-refractivity contribution >= 4 is 38.8 Å². The average Bonchev–Trinajstić information content (AvgIpc) is 3.25. The van der Waals surface area contributed by atoms with Crippen molar-refractivity contribution in [2.45, 2.75) is 13.1 Å². The molecule has 0 atom stereocenters. The SMILES string of the molecule is COc1ccc(-c2cc(-c3ccc(C)cc3)c3c(N)c(C(=O)Nc4ccccc4C(F)(F)F)sc3n2)cc1. The number of para-hydroxylation sites is 1. The lowest BCUT2D eigenvalue weighted by atomic mass is 9.98. The Morgan fingerprint density at radius 1 is 0.974 bits per heavy atom. The highest BCUT2D eigenvalue weighted by Gasteiger charge is 2.34. The maximum atomic E-state index is 13.5. The van der Waals surface area contributed by atoms with E-state index in [4.69, 9.17) is 15.5 Å². The Labute approximate surface area is 220 Å². The number of nitrogens with zero attached hydrogens (tertiary/aromatic N) is 1. The molecule has 5 rings (SSSR count). The Morgan fingerprint density at radius 2 is 1.63 bits per heavy atom. The van der Waals surface area contributed by atoms with Gasteiger partial charge in [0.05, 0.1) is 29.7 Å². The fourth-order valence-corrected chi connectivity index (χ4v) is 5.19. The van der Waals surface area contributed by atoms with Crippen LogP contribution in [0.25, 0.3) is 32.6 Å². The summed E-state index contributed by atoms with van der Waals surface area (Å²) in [5, 5.41) is 2.97. The van der Waals surface area contributed by atoms with Gasteiger partial charge in [-0.1, -0.05) is 42.0 Å². The quantitative estimate of drug-likeness (QED) is 0.242.